The van der Waals surface area contributed by atoms with Gasteiger partial charge in [0.1, 0.15) is 17.5 Å². The van der Waals surface area contributed by atoms with Crippen molar-refractivity contribution in [2.45, 2.75) is 46.2 Å². The third kappa shape index (κ3) is 7.17. The zero-order valence-corrected chi connectivity index (χ0v) is 19.4. The van der Waals surface area contributed by atoms with E-state index in [9.17, 15) is 9.59 Å². The van der Waals surface area contributed by atoms with E-state index in [0.717, 1.165) is 23.3 Å². The number of nitrogens with one attached hydrogen (secondary N) is 1. The molecule has 0 aliphatic carbocycles. The van der Waals surface area contributed by atoms with Crippen LogP contribution in [0.2, 0.25) is 5.02 Å². The van der Waals surface area contributed by atoms with E-state index in [1.54, 1.807) is 30.2 Å². The Labute approximate surface area is 189 Å². The number of halogens is 1. The number of hydrogen-bond donors (Lipinski definition) is 1. The Hall–Kier alpha value is -2.73. The Morgan fingerprint density at radius 1 is 1.10 bits per heavy atom. The normalized spacial score (nSPS) is 11.5. The van der Waals surface area contributed by atoms with E-state index >= 15 is 0 Å². The number of amides is 2. The van der Waals surface area contributed by atoms with Crippen LogP contribution < -0.4 is 14.8 Å². The van der Waals surface area contributed by atoms with Crippen LogP contribution in [0.4, 0.5) is 0 Å². The molecule has 1 atom stereocenters. The molecule has 0 heterocycles. The number of hydrogen-bond acceptors (Lipinski definition) is 4. The molecule has 0 aliphatic rings. The molecule has 1 N–H and O–H groups in total. The molecular weight excluding hydrogens is 416 g/mol. The molecule has 0 aromatic heterocycles. The van der Waals surface area contributed by atoms with E-state index in [0.29, 0.717) is 30.3 Å². The van der Waals surface area contributed by atoms with Gasteiger partial charge < -0.3 is 19.7 Å². The second-order valence-corrected chi connectivity index (χ2v) is 7.69. The summed E-state index contributed by atoms with van der Waals surface area (Å²) in [4.78, 5) is 27.5. The molecule has 0 aliphatic heterocycles. The summed E-state index contributed by atoms with van der Waals surface area (Å²) < 4.78 is 10.9. The predicted molar refractivity (Wildman–Crippen MR) is 123 cm³/mol. The number of carbonyl (C=O) groups is 2. The second kappa shape index (κ2) is 12.2. The highest BCUT2D eigenvalue weighted by Gasteiger charge is 2.28. The number of nitrogens with zero attached hydrogens (tertiary/aromatic N) is 1. The van der Waals surface area contributed by atoms with Gasteiger partial charge >= 0.3 is 0 Å². The van der Waals surface area contributed by atoms with Crippen LogP contribution in [-0.4, -0.2) is 43.0 Å². The number of carbonyl (C=O) groups excluding carboxylic acids is 2. The van der Waals surface area contributed by atoms with Gasteiger partial charge in [-0.1, -0.05) is 37.6 Å². The fraction of sp³-hybridized carbons (Fsp3) is 0.417. The lowest BCUT2D eigenvalue weighted by Gasteiger charge is -2.30. The van der Waals surface area contributed by atoms with Crippen molar-refractivity contribution in [3.8, 4) is 11.5 Å². The Bertz CT molecular complexity index is 870. The van der Waals surface area contributed by atoms with Crippen LogP contribution in [0.15, 0.2) is 42.5 Å². The van der Waals surface area contributed by atoms with Gasteiger partial charge in [0.15, 0.2) is 6.61 Å². The van der Waals surface area contributed by atoms with Crippen molar-refractivity contribution in [1.29, 1.82) is 0 Å². The lowest BCUT2D eigenvalue weighted by atomic mass is 10.1. The first-order valence-corrected chi connectivity index (χ1v) is 10.9. The van der Waals surface area contributed by atoms with Crippen molar-refractivity contribution >= 4 is 23.4 Å². The number of rotatable bonds is 11. The van der Waals surface area contributed by atoms with Gasteiger partial charge in [0.25, 0.3) is 5.91 Å². The zero-order valence-electron chi connectivity index (χ0n) is 18.6. The summed E-state index contributed by atoms with van der Waals surface area (Å²) in [6, 6.07) is 12.1. The Morgan fingerprint density at radius 3 is 2.35 bits per heavy atom. The van der Waals surface area contributed by atoms with Crippen LogP contribution in [0.3, 0.4) is 0 Å². The van der Waals surface area contributed by atoms with Crippen LogP contribution in [0.5, 0.6) is 11.5 Å². The molecule has 0 saturated heterocycles. The molecule has 0 saturated carbocycles. The first-order valence-electron chi connectivity index (χ1n) is 10.5. The lowest BCUT2D eigenvalue weighted by Crippen LogP contribution is -2.50. The van der Waals surface area contributed by atoms with Gasteiger partial charge in [-0.05, 0) is 61.2 Å². The largest absolute Gasteiger partial charge is 0.497 e. The topological polar surface area (TPSA) is 67.9 Å². The number of aryl methyl sites for hydroxylation is 1. The molecule has 2 amide bonds. The van der Waals surface area contributed by atoms with Crippen LogP contribution in [0.25, 0.3) is 0 Å². The van der Waals surface area contributed by atoms with Crippen molar-refractivity contribution in [2.24, 2.45) is 0 Å². The average molecular weight is 447 g/mol. The molecule has 168 valence electrons. The number of benzene rings is 2. The third-order valence-corrected chi connectivity index (χ3v) is 5.36. The van der Waals surface area contributed by atoms with Crippen molar-refractivity contribution in [1.82, 2.24) is 10.2 Å². The maximum absolute atomic E-state index is 13.1. The minimum absolute atomic E-state index is 0.159. The summed E-state index contributed by atoms with van der Waals surface area (Å²) in [5.41, 5.74) is 1.77. The molecule has 0 radical (unpaired) electrons. The van der Waals surface area contributed by atoms with Crippen molar-refractivity contribution in [3.05, 3.63) is 58.6 Å². The minimum atomic E-state index is -0.586. The molecule has 0 fully saturated rings. The van der Waals surface area contributed by atoms with Crippen LogP contribution >= 0.6 is 11.6 Å². The maximum Gasteiger partial charge on any atom is 0.261 e. The summed E-state index contributed by atoms with van der Waals surface area (Å²) in [6.07, 6.45) is 1.32. The molecular formula is C24H31ClN2O4. The monoisotopic (exact) mass is 446 g/mol. The Kier molecular flexibility index (Phi) is 9.66. The fourth-order valence-electron chi connectivity index (χ4n) is 3.15. The van der Waals surface area contributed by atoms with Gasteiger partial charge in [-0.3, -0.25) is 9.59 Å². The molecule has 6 nitrogen and oxygen atoms in total. The van der Waals surface area contributed by atoms with Crippen molar-refractivity contribution in [2.75, 3.05) is 20.3 Å². The number of ether oxygens (including phenoxy) is 2. The first-order chi connectivity index (χ1) is 14.9. The Morgan fingerprint density at radius 2 is 1.77 bits per heavy atom. The standard InChI is InChI=1S/C24H31ClN2O4/c1-5-13-26-24(29)22(6-2)27(15-18-7-9-19(30-4)10-8-18)23(28)16-31-20-11-12-21(25)17(3)14-20/h7-12,14,22H,5-6,13,15-16H2,1-4H3,(H,26,29). The fourth-order valence-corrected chi connectivity index (χ4v) is 3.27. The van der Waals surface area contributed by atoms with E-state index in [4.69, 9.17) is 21.1 Å². The predicted octanol–water partition coefficient (Wildman–Crippen LogP) is 4.37. The molecule has 0 bridgehead atoms. The SMILES string of the molecule is CCCNC(=O)C(CC)N(Cc1ccc(OC)cc1)C(=O)COc1ccc(Cl)c(C)c1. The van der Waals surface area contributed by atoms with Gasteiger partial charge in [0.05, 0.1) is 7.11 Å². The Balaban J connectivity index is 2.19. The molecule has 2 rings (SSSR count). The summed E-state index contributed by atoms with van der Waals surface area (Å²) in [5.74, 6) is 0.870. The highest BCUT2D eigenvalue weighted by Crippen LogP contribution is 2.22. The van der Waals surface area contributed by atoms with Gasteiger partial charge in [0, 0.05) is 18.1 Å². The van der Waals surface area contributed by atoms with E-state index in [2.05, 4.69) is 5.32 Å². The van der Waals surface area contributed by atoms with Gasteiger partial charge in [-0.2, -0.15) is 0 Å². The summed E-state index contributed by atoms with van der Waals surface area (Å²) in [7, 11) is 1.60. The third-order valence-electron chi connectivity index (χ3n) is 4.94. The number of methoxy groups -OCH3 is 1. The smallest absolute Gasteiger partial charge is 0.261 e. The molecule has 31 heavy (non-hydrogen) atoms. The van der Waals surface area contributed by atoms with E-state index < -0.39 is 6.04 Å². The van der Waals surface area contributed by atoms with Crippen LogP contribution in [-0.2, 0) is 16.1 Å². The van der Waals surface area contributed by atoms with E-state index in [1.165, 1.54) is 0 Å². The highest BCUT2D eigenvalue weighted by atomic mass is 35.5. The van der Waals surface area contributed by atoms with E-state index in [-0.39, 0.29) is 18.4 Å². The minimum Gasteiger partial charge on any atom is -0.497 e. The molecule has 7 heteroatoms. The lowest BCUT2D eigenvalue weighted by molar-refractivity contribution is -0.143. The second-order valence-electron chi connectivity index (χ2n) is 7.28. The molecule has 0 spiro atoms. The molecule has 2 aromatic carbocycles. The van der Waals surface area contributed by atoms with Crippen LogP contribution in [0, 0.1) is 6.92 Å². The van der Waals surface area contributed by atoms with Crippen molar-refractivity contribution < 1.29 is 19.1 Å². The van der Waals surface area contributed by atoms with Gasteiger partial charge in [-0.25, -0.2) is 0 Å². The van der Waals surface area contributed by atoms with Gasteiger partial charge in [-0.15, -0.1) is 0 Å². The quantitative estimate of drug-likeness (QED) is 0.556. The average Bonchev–Trinajstić information content (AvgIpc) is 2.78. The van der Waals surface area contributed by atoms with Crippen LogP contribution in [0.1, 0.15) is 37.8 Å². The zero-order chi connectivity index (χ0) is 22.8. The maximum atomic E-state index is 13.1. The van der Waals surface area contributed by atoms with Crippen molar-refractivity contribution in [3.63, 3.8) is 0 Å². The van der Waals surface area contributed by atoms with E-state index in [1.807, 2.05) is 45.0 Å². The summed E-state index contributed by atoms with van der Waals surface area (Å²) >= 11 is 6.06. The van der Waals surface area contributed by atoms with Gasteiger partial charge in [0.2, 0.25) is 5.91 Å². The molecule has 1 unspecified atom stereocenters. The first kappa shape index (κ1) is 24.5. The highest BCUT2D eigenvalue weighted by molar-refractivity contribution is 6.31. The molecule has 2 aromatic rings. The summed E-state index contributed by atoms with van der Waals surface area (Å²) in [6.45, 7) is 6.45. The summed E-state index contributed by atoms with van der Waals surface area (Å²) in [5, 5.41) is 3.54.